The van der Waals surface area contributed by atoms with Crippen LogP contribution in [-0.2, 0) is 4.74 Å². The molecule has 0 atom stereocenters. The molecule has 2 amide bonds. The third-order valence-corrected chi connectivity index (χ3v) is 3.64. The van der Waals surface area contributed by atoms with Crippen molar-refractivity contribution in [2.75, 3.05) is 32.6 Å². The fourth-order valence-electron chi connectivity index (χ4n) is 2.13. The van der Waals surface area contributed by atoms with Gasteiger partial charge in [-0.25, -0.2) is 9.59 Å². The Morgan fingerprint density at radius 1 is 1.08 bits per heavy atom. The minimum absolute atomic E-state index is 0.308. The zero-order valence-electron chi connectivity index (χ0n) is 14.6. The van der Waals surface area contributed by atoms with Gasteiger partial charge in [-0.3, -0.25) is 0 Å². The normalized spacial score (nSPS) is 10.0. The lowest BCUT2D eigenvalue weighted by Gasteiger charge is -2.19. The minimum Gasteiger partial charge on any atom is -0.492 e. The van der Waals surface area contributed by atoms with E-state index in [4.69, 9.17) is 9.47 Å². The van der Waals surface area contributed by atoms with Crippen LogP contribution in [0.3, 0.4) is 0 Å². The number of carbonyl (C=O) groups excluding carboxylic acids is 2. The van der Waals surface area contributed by atoms with Crippen molar-refractivity contribution < 1.29 is 19.1 Å². The summed E-state index contributed by atoms with van der Waals surface area (Å²) in [7, 11) is 2.96. The first kappa shape index (κ1) is 18.3. The first-order chi connectivity index (χ1) is 12.0. The van der Waals surface area contributed by atoms with E-state index in [1.165, 1.54) is 12.0 Å². The molecule has 0 aromatic heterocycles. The molecule has 25 heavy (non-hydrogen) atoms. The summed E-state index contributed by atoms with van der Waals surface area (Å²) in [6, 6.07) is 14.1. The second-order valence-corrected chi connectivity index (χ2v) is 5.55. The number of nitrogens with zero attached hydrogens (tertiary/aromatic N) is 1. The van der Waals surface area contributed by atoms with Crippen molar-refractivity contribution in [2.24, 2.45) is 0 Å². The molecule has 0 saturated heterocycles. The number of para-hydroxylation sites is 1. The van der Waals surface area contributed by atoms with E-state index in [0.29, 0.717) is 24.4 Å². The van der Waals surface area contributed by atoms with E-state index >= 15 is 0 Å². The van der Waals surface area contributed by atoms with Gasteiger partial charge >= 0.3 is 12.0 Å². The number of rotatable bonds is 6. The highest BCUT2D eigenvalue weighted by Crippen LogP contribution is 2.16. The lowest BCUT2D eigenvalue weighted by Crippen LogP contribution is -2.35. The van der Waals surface area contributed by atoms with Gasteiger partial charge in [-0.05, 0) is 31.2 Å². The smallest absolute Gasteiger partial charge is 0.339 e. The van der Waals surface area contributed by atoms with E-state index in [1.807, 2.05) is 31.2 Å². The number of hydrogen-bond donors (Lipinski definition) is 1. The van der Waals surface area contributed by atoms with Crippen LogP contribution in [0.5, 0.6) is 5.75 Å². The topological polar surface area (TPSA) is 67.9 Å². The molecule has 0 aliphatic rings. The molecular formula is C19H22N2O4. The third kappa shape index (κ3) is 5.24. The quantitative estimate of drug-likeness (QED) is 0.818. The SMILES string of the molecule is COC(=O)c1ccccc1NC(=O)N(C)CCOc1ccc(C)cc1. The zero-order valence-corrected chi connectivity index (χ0v) is 14.6. The fourth-order valence-corrected chi connectivity index (χ4v) is 2.13. The molecule has 0 saturated carbocycles. The highest BCUT2D eigenvalue weighted by Gasteiger charge is 2.15. The minimum atomic E-state index is -0.499. The van der Waals surface area contributed by atoms with Gasteiger partial charge in [-0.2, -0.15) is 0 Å². The van der Waals surface area contributed by atoms with Crippen LogP contribution < -0.4 is 10.1 Å². The Balaban J connectivity index is 1.88. The second-order valence-electron chi connectivity index (χ2n) is 5.55. The van der Waals surface area contributed by atoms with E-state index < -0.39 is 5.97 Å². The molecule has 0 heterocycles. The molecule has 0 radical (unpaired) electrons. The van der Waals surface area contributed by atoms with Gasteiger partial charge in [0.1, 0.15) is 12.4 Å². The molecule has 2 aromatic rings. The number of amides is 2. The molecule has 132 valence electrons. The average Bonchev–Trinajstić information content (AvgIpc) is 2.63. The van der Waals surface area contributed by atoms with Crippen molar-refractivity contribution in [3.8, 4) is 5.75 Å². The van der Waals surface area contributed by atoms with Crippen molar-refractivity contribution in [3.63, 3.8) is 0 Å². The molecule has 2 rings (SSSR count). The summed E-state index contributed by atoms with van der Waals surface area (Å²) >= 11 is 0. The number of methoxy groups -OCH3 is 1. The first-order valence-electron chi connectivity index (χ1n) is 7.90. The van der Waals surface area contributed by atoms with E-state index in [1.54, 1.807) is 31.3 Å². The largest absolute Gasteiger partial charge is 0.492 e. The number of aryl methyl sites for hydroxylation is 1. The van der Waals surface area contributed by atoms with Gasteiger partial charge in [-0.15, -0.1) is 0 Å². The summed E-state index contributed by atoms with van der Waals surface area (Å²) in [6.07, 6.45) is 0. The number of esters is 1. The molecule has 6 heteroatoms. The van der Waals surface area contributed by atoms with E-state index in [0.717, 1.165) is 11.3 Å². The molecule has 0 aliphatic carbocycles. The summed E-state index contributed by atoms with van der Waals surface area (Å²) in [5.74, 6) is 0.261. The number of benzene rings is 2. The average molecular weight is 342 g/mol. The van der Waals surface area contributed by atoms with Crippen LogP contribution in [-0.4, -0.2) is 44.2 Å². The molecular weight excluding hydrogens is 320 g/mol. The van der Waals surface area contributed by atoms with Crippen molar-refractivity contribution in [1.82, 2.24) is 4.90 Å². The number of likely N-dealkylation sites (N-methyl/N-ethyl adjacent to an activating group) is 1. The van der Waals surface area contributed by atoms with Crippen LogP contribution in [0.1, 0.15) is 15.9 Å². The van der Waals surface area contributed by atoms with Crippen LogP contribution in [0.2, 0.25) is 0 Å². The Hall–Kier alpha value is -3.02. The molecule has 2 aromatic carbocycles. The highest BCUT2D eigenvalue weighted by atomic mass is 16.5. The predicted octanol–water partition coefficient (Wildman–Crippen LogP) is 3.32. The van der Waals surface area contributed by atoms with Crippen LogP contribution in [0.4, 0.5) is 10.5 Å². The van der Waals surface area contributed by atoms with Crippen LogP contribution in [0.25, 0.3) is 0 Å². The van der Waals surface area contributed by atoms with Gasteiger partial charge < -0.3 is 19.7 Å². The third-order valence-electron chi connectivity index (χ3n) is 3.64. The Morgan fingerprint density at radius 3 is 2.44 bits per heavy atom. The van der Waals surface area contributed by atoms with Crippen LogP contribution in [0, 0.1) is 6.92 Å². The van der Waals surface area contributed by atoms with Crippen LogP contribution in [0.15, 0.2) is 48.5 Å². The Kier molecular flexibility index (Phi) is 6.39. The number of carbonyl (C=O) groups is 2. The van der Waals surface area contributed by atoms with Gasteiger partial charge in [0.25, 0.3) is 0 Å². The maximum atomic E-state index is 12.3. The Bertz CT molecular complexity index is 728. The monoisotopic (exact) mass is 342 g/mol. The fraction of sp³-hybridized carbons (Fsp3) is 0.263. The van der Waals surface area contributed by atoms with Gasteiger partial charge in [0.15, 0.2) is 0 Å². The number of nitrogens with one attached hydrogen (secondary N) is 1. The van der Waals surface area contributed by atoms with Gasteiger partial charge in [0.2, 0.25) is 0 Å². The maximum absolute atomic E-state index is 12.3. The number of anilines is 1. The molecule has 0 bridgehead atoms. The predicted molar refractivity (Wildman–Crippen MR) is 96.1 cm³/mol. The van der Waals surface area contributed by atoms with Crippen molar-refractivity contribution >= 4 is 17.7 Å². The second kappa shape index (κ2) is 8.73. The molecule has 0 spiro atoms. The number of ether oxygens (including phenoxy) is 2. The molecule has 0 fully saturated rings. The zero-order chi connectivity index (χ0) is 18.2. The number of hydrogen-bond acceptors (Lipinski definition) is 4. The summed E-state index contributed by atoms with van der Waals surface area (Å²) in [4.78, 5) is 25.5. The van der Waals surface area contributed by atoms with Crippen molar-refractivity contribution in [1.29, 1.82) is 0 Å². The van der Waals surface area contributed by atoms with Crippen molar-refractivity contribution in [3.05, 3.63) is 59.7 Å². The van der Waals surface area contributed by atoms with E-state index in [9.17, 15) is 9.59 Å². The van der Waals surface area contributed by atoms with Gasteiger partial charge in [0.05, 0.1) is 24.9 Å². The summed E-state index contributed by atoms with van der Waals surface area (Å²) in [5.41, 5.74) is 1.88. The number of urea groups is 1. The summed E-state index contributed by atoms with van der Waals surface area (Å²) < 4.78 is 10.3. The van der Waals surface area contributed by atoms with Crippen molar-refractivity contribution in [2.45, 2.75) is 6.92 Å². The van der Waals surface area contributed by atoms with Gasteiger partial charge in [-0.1, -0.05) is 29.8 Å². The molecule has 0 unspecified atom stereocenters. The molecule has 6 nitrogen and oxygen atoms in total. The van der Waals surface area contributed by atoms with E-state index in [2.05, 4.69) is 5.32 Å². The van der Waals surface area contributed by atoms with E-state index in [-0.39, 0.29) is 6.03 Å². The molecule has 1 N–H and O–H groups in total. The highest BCUT2D eigenvalue weighted by molar-refractivity contribution is 6.00. The Labute approximate surface area is 147 Å². The first-order valence-corrected chi connectivity index (χ1v) is 7.90. The lowest BCUT2D eigenvalue weighted by atomic mass is 10.2. The molecule has 0 aliphatic heterocycles. The maximum Gasteiger partial charge on any atom is 0.339 e. The Morgan fingerprint density at radius 2 is 1.76 bits per heavy atom. The van der Waals surface area contributed by atoms with Gasteiger partial charge in [0, 0.05) is 7.05 Å². The standard InChI is InChI=1S/C19H22N2O4/c1-14-8-10-15(11-9-14)25-13-12-21(2)19(23)20-17-7-5-4-6-16(17)18(22)24-3/h4-11H,12-13H2,1-3H3,(H,20,23). The lowest BCUT2D eigenvalue weighted by molar-refractivity contribution is 0.0602. The summed E-state index contributed by atoms with van der Waals surface area (Å²) in [5, 5.41) is 2.71. The summed E-state index contributed by atoms with van der Waals surface area (Å²) in [6.45, 7) is 2.78. The van der Waals surface area contributed by atoms with Crippen LogP contribution >= 0.6 is 0 Å².